The number of rotatable bonds is 12. The average molecular weight is 749 g/mol. The average Bonchev–Trinajstić information content (AvgIpc) is 3.06. The van der Waals surface area contributed by atoms with Crippen molar-refractivity contribution < 1.29 is 66.9 Å². The molecule has 0 aliphatic carbocycles. The molecule has 2 aliphatic heterocycles. The predicted molar refractivity (Wildman–Crippen MR) is 187 cm³/mol. The zero-order valence-electron chi connectivity index (χ0n) is 33.1. The summed E-state index contributed by atoms with van der Waals surface area (Å²) in [5, 5.41) is 11.2. The van der Waals surface area contributed by atoms with Gasteiger partial charge in [0.2, 0.25) is 0 Å². The first-order valence-corrected chi connectivity index (χ1v) is 18.1. The molecule has 0 amide bonds. The van der Waals surface area contributed by atoms with Crippen molar-refractivity contribution >= 4 is 23.9 Å². The van der Waals surface area contributed by atoms with Crippen LogP contribution in [0.5, 0.6) is 0 Å². The maximum atomic E-state index is 13.5. The molecule has 1 N–H and O–H groups in total. The Morgan fingerprint density at radius 3 is 2.13 bits per heavy atom. The van der Waals surface area contributed by atoms with Crippen LogP contribution in [0.3, 0.4) is 0 Å². The summed E-state index contributed by atoms with van der Waals surface area (Å²) in [7, 11) is 9.80. The van der Waals surface area contributed by atoms with E-state index in [0.29, 0.717) is 25.9 Å². The second-order valence-electron chi connectivity index (χ2n) is 14.2. The summed E-state index contributed by atoms with van der Waals surface area (Å²) in [6.07, 6.45) is -8.61. The fourth-order valence-electron chi connectivity index (χ4n) is 6.99. The van der Waals surface area contributed by atoms with Gasteiger partial charge in [-0.3, -0.25) is 19.2 Å². The fourth-order valence-corrected chi connectivity index (χ4v) is 6.99. The minimum atomic E-state index is -1.26. The van der Waals surface area contributed by atoms with Gasteiger partial charge in [0.05, 0.1) is 30.8 Å². The molecule has 0 aromatic rings. The minimum absolute atomic E-state index is 0.0242. The van der Waals surface area contributed by atoms with E-state index in [1.54, 1.807) is 39.8 Å². The smallest absolute Gasteiger partial charge is 0.309 e. The number of likely N-dealkylation sites (N-methyl/N-ethyl adjacent to an activating group) is 2. The van der Waals surface area contributed by atoms with Crippen LogP contribution in [0.15, 0.2) is 0 Å². The highest BCUT2D eigenvalue weighted by Crippen LogP contribution is 2.36. The molecule has 2 heterocycles. The standard InChI is InChI=1S/C36H64N2O14/c1-13-28(41)51-26-18-29(42)47-21(3)14-15-38(9)19-27(49-23(5)39)20(2)16-25(17-30(44-10)45-11)33(34(26)46-12)52-36-35(50-24(6)40)31(37(7)8)32(43)22(4)48-36/h20-22,25-27,30-36,43H,13-19H2,1-12H3/t20-,21-,22-,25-,26-,27+,31+,32-,33+,34+,35-,36+/m1/s1. The van der Waals surface area contributed by atoms with Crippen molar-refractivity contribution in [1.29, 1.82) is 0 Å². The van der Waals surface area contributed by atoms with Crippen molar-refractivity contribution in [2.24, 2.45) is 11.8 Å². The van der Waals surface area contributed by atoms with Crippen molar-refractivity contribution in [3.8, 4) is 0 Å². The third-order valence-corrected chi connectivity index (χ3v) is 9.73. The number of hydrogen-bond acceptors (Lipinski definition) is 16. The van der Waals surface area contributed by atoms with Gasteiger partial charge in [0.1, 0.15) is 24.4 Å². The second-order valence-corrected chi connectivity index (χ2v) is 14.2. The number of methoxy groups -OCH3 is 3. The molecule has 12 atom stereocenters. The Labute approximate surface area is 308 Å². The molecular weight excluding hydrogens is 684 g/mol. The van der Waals surface area contributed by atoms with Gasteiger partial charge in [-0.2, -0.15) is 0 Å². The van der Waals surface area contributed by atoms with E-state index in [1.165, 1.54) is 35.2 Å². The SMILES string of the molecule is CCC(=O)O[C@@H]1CC(=O)O[C@H](C)CCN(C)C[C@H](OC(C)=O)[C@H](C)C[C@H](CC(OC)OC)[C@H](O[C@@H]2O[C@H](C)[C@@H](O)[C@H](N(C)C)[C@H]2OC(C)=O)[C@H]1OC. The Morgan fingerprint density at radius 1 is 0.962 bits per heavy atom. The summed E-state index contributed by atoms with van der Waals surface area (Å²) in [6, 6.07) is -0.738. The lowest BCUT2D eigenvalue weighted by Gasteiger charge is -2.48. The lowest BCUT2D eigenvalue weighted by atomic mass is 9.82. The Morgan fingerprint density at radius 2 is 1.60 bits per heavy atom. The number of aliphatic hydroxyl groups is 1. The van der Waals surface area contributed by atoms with Crippen molar-refractivity contribution in [2.45, 2.75) is 141 Å². The quantitative estimate of drug-likeness (QED) is 0.174. The van der Waals surface area contributed by atoms with Crippen LogP contribution >= 0.6 is 0 Å². The fraction of sp³-hybridized carbons (Fsp3) is 0.889. The van der Waals surface area contributed by atoms with E-state index in [4.69, 9.17) is 42.6 Å². The van der Waals surface area contributed by atoms with Gasteiger partial charge in [0.25, 0.3) is 0 Å². The largest absolute Gasteiger partial charge is 0.463 e. The Balaban J connectivity index is 2.87. The second kappa shape index (κ2) is 22.1. The van der Waals surface area contributed by atoms with Gasteiger partial charge >= 0.3 is 23.9 Å². The topological polar surface area (TPSA) is 178 Å². The van der Waals surface area contributed by atoms with E-state index in [0.717, 1.165) is 0 Å². The number of esters is 4. The molecule has 0 bridgehead atoms. The molecule has 0 aromatic heterocycles. The Bertz CT molecular complexity index is 1120. The van der Waals surface area contributed by atoms with E-state index in [1.807, 2.05) is 18.9 Å². The van der Waals surface area contributed by atoms with Gasteiger partial charge in [-0.25, -0.2) is 0 Å². The highest BCUT2D eigenvalue weighted by atomic mass is 16.7. The molecule has 0 spiro atoms. The highest BCUT2D eigenvalue weighted by Gasteiger charge is 2.51. The predicted octanol–water partition coefficient (Wildman–Crippen LogP) is 1.92. The van der Waals surface area contributed by atoms with Gasteiger partial charge < -0.3 is 57.5 Å². The van der Waals surface area contributed by atoms with Crippen LogP contribution in [0.4, 0.5) is 0 Å². The van der Waals surface area contributed by atoms with Crippen LogP contribution in [0, 0.1) is 11.8 Å². The molecular formula is C36H64N2O14. The van der Waals surface area contributed by atoms with Crippen LogP contribution in [-0.4, -0.2) is 162 Å². The number of hydrogen-bond donors (Lipinski definition) is 1. The van der Waals surface area contributed by atoms with Gasteiger partial charge in [-0.15, -0.1) is 0 Å². The van der Waals surface area contributed by atoms with Gasteiger partial charge in [-0.05, 0) is 59.7 Å². The van der Waals surface area contributed by atoms with Gasteiger partial charge in [0, 0.05) is 61.1 Å². The highest BCUT2D eigenvalue weighted by molar-refractivity contribution is 5.72. The summed E-state index contributed by atoms with van der Waals surface area (Å²) in [5.41, 5.74) is 0. The van der Waals surface area contributed by atoms with Crippen LogP contribution < -0.4 is 0 Å². The van der Waals surface area contributed by atoms with E-state index >= 15 is 0 Å². The molecule has 2 aliphatic rings. The summed E-state index contributed by atoms with van der Waals surface area (Å²) in [6.45, 7) is 10.6. The number of cyclic esters (lactones) is 1. The van der Waals surface area contributed by atoms with Gasteiger partial charge in [-0.1, -0.05) is 13.8 Å². The lowest BCUT2D eigenvalue weighted by Crippen LogP contribution is -2.64. The van der Waals surface area contributed by atoms with Crippen molar-refractivity contribution in [3.05, 3.63) is 0 Å². The molecule has 0 radical (unpaired) electrons. The summed E-state index contributed by atoms with van der Waals surface area (Å²) in [5.74, 6) is -3.09. The van der Waals surface area contributed by atoms with Gasteiger partial charge in [0.15, 0.2) is 18.7 Å². The molecule has 0 unspecified atom stereocenters. The van der Waals surface area contributed by atoms with E-state index in [-0.39, 0.29) is 25.2 Å². The maximum Gasteiger partial charge on any atom is 0.309 e. The van der Waals surface area contributed by atoms with E-state index in [9.17, 15) is 24.3 Å². The van der Waals surface area contributed by atoms with Crippen molar-refractivity contribution in [3.63, 3.8) is 0 Å². The molecule has 52 heavy (non-hydrogen) atoms. The normalized spacial score (nSPS) is 34.6. The molecule has 0 saturated carbocycles. The summed E-state index contributed by atoms with van der Waals surface area (Å²) >= 11 is 0. The minimum Gasteiger partial charge on any atom is -0.463 e. The monoisotopic (exact) mass is 748 g/mol. The van der Waals surface area contributed by atoms with E-state index < -0.39 is 97.2 Å². The first-order valence-electron chi connectivity index (χ1n) is 18.1. The number of ether oxygens (including phenoxy) is 9. The Hall–Kier alpha value is -2.44. The molecule has 2 saturated heterocycles. The number of aliphatic hydroxyl groups excluding tert-OH is 1. The van der Waals surface area contributed by atoms with Crippen LogP contribution in [0.2, 0.25) is 0 Å². The lowest BCUT2D eigenvalue weighted by molar-refractivity contribution is -0.313. The molecule has 16 nitrogen and oxygen atoms in total. The summed E-state index contributed by atoms with van der Waals surface area (Å²) < 4.78 is 53.9. The number of carbonyl (C=O) groups excluding carboxylic acids is 4. The van der Waals surface area contributed by atoms with Crippen LogP contribution in [-0.2, 0) is 61.8 Å². The molecule has 2 fully saturated rings. The molecule has 2 rings (SSSR count). The maximum absolute atomic E-state index is 13.5. The molecule has 0 aromatic carbocycles. The van der Waals surface area contributed by atoms with E-state index in [2.05, 4.69) is 0 Å². The zero-order valence-corrected chi connectivity index (χ0v) is 33.1. The third kappa shape index (κ3) is 13.8. The molecule has 16 heteroatoms. The van der Waals surface area contributed by atoms with Crippen LogP contribution in [0.1, 0.15) is 73.6 Å². The van der Waals surface area contributed by atoms with Crippen molar-refractivity contribution in [1.82, 2.24) is 9.80 Å². The first-order chi connectivity index (χ1) is 24.4. The summed E-state index contributed by atoms with van der Waals surface area (Å²) in [4.78, 5) is 55.0. The first kappa shape index (κ1) is 45.7. The van der Waals surface area contributed by atoms with Crippen LogP contribution in [0.25, 0.3) is 0 Å². The van der Waals surface area contributed by atoms with Crippen molar-refractivity contribution in [2.75, 3.05) is 55.6 Å². The Kier molecular flexibility index (Phi) is 19.4. The zero-order chi connectivity index (χ0) is 39.3. The third-order valence-electron chi connectivity index (χ3n) is 9.73. The number of nitrogens with zero attached hydrogens (tertiary/aromatic N) is 2. The number of carbonyl (C=O) groups is 4. The molecule has 302 valence electrons.